The molecule has 0 aromatic rings. The molecule has 4 nitrogen and oxygen atoms in total. The van der Waals surface area contributed by atoms with Gasteiger partial charge in [-0.25, -0.2) is 0 Å². The van der Waals surface area contributed by atoms with Crippen molar-refractivity contribution in [3.63, 3.8) is 0 Å². The minimum atomic E-state index is -0.224. The second-order valence-corrected chi connectivity index (χ2v) is 6.38. The molecule has 0 spiro atoms. The Morgan fingerprint density at radius 2 is 1.78 bits per heavy atom. The number of amides is 1. The van der Waals surface area contributed by atoms with Crippen LogP contribution in [0.5, 0.6) is 0 Å². The Morgan fingerprint density at radius 1 is 1.22 bits per heavy atom. The Kier molecular flexibility index (Phi) is 6.86. The van der Waals surface area contributed by atoms with Crippen molar-refractivity contribution in [3.8, 4) is 0 Å². The first-order valence-electron chi connectivity index (χ1n) is 6.70. The number of nitrogens with one attached hydrogen (secondary N) is 2. The summed E-state index contributed by atoms with van der Waals surface area (Å²) in [6.45, 7) is 13.4. The van der Waals surface area contributed by atoms with E-state index in [1.54, 1.807) is 0 Å². The molecule has 2 N–H and O–H groups in total. The van der Waals surface area contributed by atoms with Crippen LogP contribution in [0.15, 0.2) is 0 Å². The summed E-state index contributed by atoms with van der Waals surface area (Å²) in [5.41, 5.74) is -0.253. The van der Waals surface area contributed by atoms with E-state index in [1.165, 1.54) is 0 Å². The fraction of sp³-hybridized carbons (Fsp3) is 0.929. The van der Waals surface area contributed by atoms with Gasteiger partial charge in [-0.2, -0.15) is 0 Å². The van der Waals surface area contributed by atoms with Crippen molar-refractivity contribution >= 4 is 5.91 Å². The lowest BCUT2D eigenvalue weighted by Crippen LogP contribution is -2.44. The summed E-state index contributed by atoms with van der Waals surface area (Å²) in [6.07, 6.45) is 0.811. The predicted octanol–water partition coefficient (Wildman–Crippen LogP) is 1.94. The first-order chi connectivity index (χ1) is 8.09. The van der Waals surface area contributed by atoms with Gasteiger partial charge >= 0.3 is 0 Å². The molecular weight excluding hydrogens is 228 g/mol. The van der Waals surface area contributed by atoms with Crippen LogP contribution in [0.3, 0.4) is 0 Å². The Morgan fingerprint density at radius 3 is 2.22 bits per heavy atom. The number of rotatable bonds is 8. The van der Waals surface area contributed by atoms with Crippen molar-refractivity contribution in [1.29, 1.82) is 0 Å². The molecule has 1 amide bonds. The molecule has 0 saturated carbocycles. The van der Waals surface area contributed by atoms with Gasteiger partial charge < -0.3 is 15.4 Å². The third-order valence-corrected chi connectivity index (χ3v) is 3.05. The molecule has 0 aromatic heterocycles. The molecule has 4 heteroatoms. The maximum atomic E-state index is 11.4. The van der Waals surface area contributed by atoms with E-state index in [4.69, 9.17) is 4.74 Å². The van der Waals surface area contributed by atoms with Crippen molar-refractivity contribution < 1.29 is 9.53 Å². The van der Waals surface area contributed by atoms with Gasteiger partial charge in [0, 0.05) is 18.0 Å². The van der Waals surface area contributed by atoms with E-state index in [9.17, 15) is 4.79 Å². The third-order valence-electron chi connectivity index (χ3n) is 3.05. The number of ether oxygens (including phenoxy) is 1. The first-order valence-corrected chi connectivity index (χ1v) is 6.70. The van der Waals surface area contributed by atoms with Crippen LogP contribution < -0.4 is 10.6 Å². The normalized spacial score (nSPS) is 12.9. The Balaban J connectivity index is 3.97. The largest absolute Gasteiger partial charge is 0.374 e. The van der Waals surface area contributed by atoms with Crippen molar-refractivity contribution in [3.05, 3.63) is 0 Å². The smallest absolute Gasteiger partial charge is 0.222 e. The van der Waals surface area contributed by atoms with Crippen LogP contribution in [0.4, 0.5) is 0 Å². The van der Waals surface area contributed by atoms with Crippen molar-refractivity contribution in [2.24, 2.45) is 5.92 Å². The molecule has 0 fully saturated rings. The summed E-state index contributed by atoms with van der Waals surface area (Å²) in [7, 11) is 1.93. The zero-order chi connectivity index (χ0) is 14.4. The fourth-order valence-corrected chi connectivity index (χ4v) is 1.21. The van der Waals surface area contributed by atoms with Crippen LogP contribution in [0.1, 0.15) is 48.0 Å². The first kappa shape index (κ1) is 17.4. The minimum absolute atomic E-state index is 0.0293. The number of hydrogen-bond acceptors (Lipinski definition) is 3. The predicted molar refractivity (Wildman–Crippen MR) is 75.6 cm³/mol. The highest BCUT2D eigenvalue weighted by Gasteiger charge is 2.23. The van der Waals surface area contributed by atoms with Gasteiger partial charge in [0.15, 0.2) is 0 Å². The van der Waals surface area contributed by atoms with Crippen LogP contribution in [-0.4, -0.2) is 37.2 Å². The highest BCUT2D eigenvalue weighted by molar-refractivity contribution is 5.77. The summed E-state index contributed by atoms with van der Waals surface area (Å²) in [5, 5.41) is 6.12. The lowest BCUT2D eigenvalue weighted by molar-refractivity contribution is -0.124. The molecule has 18 heavy (non-hydrogen) atoms. The molecule has 0 unspecified atom stereocenters. The van der Waals surface area contributed by atoms with Gasteiger partial charge in [0.1, 0.15) is 0 Å². The van der Waals surface area contributed by atoms with Gasteiger partial charge in [-0.05, 0) is 41.2 Å². The van der Waals surface area contributed by atoms with E-state index in [-0.39, 0.29) is 23.0 Å². The molecule has 0 aromatic carbocycles. The van der Waals surface area contributed by atoms with E-state index in [1.807, 2.05) is 20.9 Å². The van der Waals surface area contributed by atoms with Gasteiger partial charge in [0.25, 0.3) is 0 Å². The average Bonchev–Trinajstić information content (AvgIpc) is 2.26. The van der Waals surface area contributed by atoms with Gasteiger partial charge in [-0.1, -0.05) is 13.8 Å². The second-order valence-electron chi connectivity index (χ2n) is 6.38. The highest BCUT2D eigenvalue weighted by atomic mass is 16.5. The zero-order valence-electron chi connectivity index (χ0n) is 13.0. The van der Waals surface area contributed by atoms with Gasteiger partial charge in [0.05, 0.1) is 12.2 Å². The Hall–Kier alpha value is -0.610. The SMILES string of the molecule is CNC(C)(C)COC(C)(C)CCNC(=O)C(C)C. The standard InChI is InChI=1S/C14H30N2O2/c1-11(2)12(17)16-9-8-14(5,6)18-10-13(3,4)15-7/h11,15H,8-10H2,1-7H3,(H,16,17). The fourth-order valence-electron chi connectivity index (χ4n) is 1.21. The third kappa shape index (κ3) is 7.67. The number of likely N-dealkylation sites (N-methyl/N-ethyl adjacent to an activating group) is 1. The Labute approximate surface area is 112 Å². The quantitative estimate of drug-likeness (QED) is 0.699. The lowest BCUT2D eigenvalue weighted by atomic mass is 10.0. The molecule has 0 heterocycles. The van der Waals surface area contributed by atoms with Gasteiger partial charge in [-0.3, -0.25) is 4.79 Å². The summed E-state index contributed by atoms with van der Waals surface area (Å²) in [4.78, 5) is 11.4. The van der Waals surface area contributed by atoms with Crippen LogP contribution in [0.2, 0.25) is 0 Å². The summed E-state index contributed by atoms with van der Waals surface area (Å²) < 4.78 is 5.91. The number of hydrogen-bond donors (Lipinski definition) is 2. The van der Waals surface area contributed by atoms with Crippen LogP contribution in [-0.2, 0) is 9.53 Å². The van der Waals surface area contributed by atoms with Gasteiger partial charge in [0.2, 0.25) is 5.91 Å². The average molecular weight is 258 g/mol. The molecule has 0 aliphatic rings. The van der Waals surface area contributed by atoms with Crippen LogP contribution in [0.25, 0.3) is 0 Å². The summed E-state index contributed by atoms with van der Waals surface area (Å²) >= 11 is 0. The van der Waals surface area contributed by atoms with Crippen molar-refractivity contribution in [2.45, 2.75) is 59.1 Å². The number of carbonyl (C=O) groups excluding carboxylic acids is 1. The maximum absolute atomic E-state index is 11.4. The zero-order valence-corrected chi connectivity index (χ0v) is 13.0. The minimum Gasteiger partial charge on any atom is -0.374 e. The summed E-state index contributed by atoms with van der Waals surface area (Å²) in [5.74, 6) is 0.138. The van der Waals surface area contributed by atoms with Crippen molar-refractivity contribution in [1.82, 2.24) is 10.6 Å². The lowest BCUT2D eigenvalue weighted by Gasteiger charge is -2.32. The molecule has 0 bridgehead atoms. The molecule has 0 aliphatic heterocycles. The van der Waals surface area contributed by atoms with E-state index in [0.29, 0.717) is 13.2 Å². The molecule has 108 valence electrons. The van der Waals surface area contributed by atoms with E-state index >= 15 is 0 Å². The van der Waals surface area contributed by atoms with Crippen LogP contribution >= 0.6 is 0 Å². The second kappa shape index (κ2) is 7.10. The molecule has 0 rings (SSSR count). The maximum Gasteiger partial charge on any atom is 0.222 e. The van der Waals surface area contributed by atoms with E-state index in [0.717, 1.165) is 6.42 Å². The highest BCUT2D eigenvalue weighted by Crippen LogP contribution is 2.16. The van der Waals surface area contributed by atoms with E-state index < -0.39 is 0 Å². The molecule has 0 radical (unpaired) electrons. The van der Waals surface area contributed by atoms with Crippen molar-refractivity contribution in [2.75, 3.05) is 20.2 Å². The van der Waals surface area contributed by atoms with Gasteiger partial charge in [-0.15, -0.1) is 0 Å². The molecule has 0 aliphatic carbocycles. The number of carbonyl (C=O) groups is 1. The van der Waals surface area contributed by atoms with E-state index in [2.05, 4.69) is 38.3 Å². The monoisotopic (exact) mass is 258 g/mol. The van der Waals surface area contributed by atoms with Crippen LogP contribution in [0, 0.1) is 5.92 Å². The molecule has 0 saturated heterocycles. The Bertz CT molecular complexity index is 261. The molecule has 0 atom stereocenters. The molecular formula is C14H30N2O2. The topological polar surface area (TPSA) is 50.4 Å². The summed E-state index contributed by atoms with van der Waals surface area (Å²) in [6, 6.07) is 0.